The van der Waals surface area contributed by atoms with Crippen molar-refractivity contribution in [3.05, 3.63) is 34.9 Å². The van der Waals surface area contributed by atoms with E-state index in [-0.39, 0.29) is 6.42 Å². The topological polar surface area (TPSA) is 76.2 Å². The molecule has 0 aromatic heterocycles. The van der Waals surface area contributed by atoms with Gasteiger partial charge in [-0.25, -0.2) is 9.59 Å². The number of rotatable bonds is 4. The predicted octanol–water partition coefficient (Wildman–Crippen LogP) is 4.09. The fraction of sp³-hybridized carbons (Fsp3) is 0.500. The smallest absolute Gasteiger partial charge is 0.436 e. The number of hydrogen-bond acceptors (Lipinski definition) is 5. The van der Waals surface area contributed by atoms with Crippen molar-refractivity contribution in [1.29, 1.82) is 0 Å². The molecule has 0 bridgehead atoms. The van der Waals surface area contributed by atoms with Gasteiger partial charge < -0.3 is 9.47 Å². The second-order valence-corrected chi connectivity index (χ2v) is 6.95. The Morgan fingerprint density at radius 1 is 1.12 bits per heavy atom. The molecule has 26 heavy (non-hydrogen) atoms. The Bertz CT molecular complexity index is 721. The highest BCUT2D eigenvalue weighted by atomic mass is 35.5. The van der Waals surface area contributed by atoms with Gasteiger partial charge in [-0.15, -0.1) is 5.01 Å². The highest BCUT2D eigenvalue weighted by Gasteiger charge is 2.65. The normalized spacial score (nSPS) is 19.6. The summed E-state index contributed by atoms with van der Waals surface area (Å²) in [5, 5.41) is 2.13. The van der Waals surface area contributed by atoms with Crippen molar-refractivity contribution < 1.29 is 23.9 Å². The Kier molecular flexibility index (Phi) is 5.81. The van der Waals surface area contributed by atoms with Crippen LogP contribution in [-0.2, 0) is 19.8 Å². The van der Waals surface area contributed by atoms with E-state index in [0.717, 1.165) is 5.01 Å². The maximum atomic E-state index is 13.0. The van der Waals surface area contributed by atoms with E-state index in [0.29, 0.717) is 15.6 Å². The standard InChI is InChI=1S/C18H23ClN2O5/c1-6-18(13-8-7-9-14(19)10-13)15(22)20(16(23)25-11(2)3)21(18)17(24)26-12(4)5/h7-12H,6H2,1-5H3/t18-/m0/s1. The Morgan fingerprint density at radius 3 is 2.19 bits per heavy atom. The molecular formula is C18H23ClN2O5. The lowest BCUT2D eigenvalue weighted by Crippen LogP contribution is -2.78. The molecule has 2 rings (SSSR count). The summed E-state index contributed by atoms with van der Waals surface area (Å²) in [5.74, 6) is -0.561. The van der Waals surface area contributed by atoms with Crippen LogP contribution in [0.25, 0.3) is 0 Å². The van der Waals surface area contributed by atoms with E-state index in [1.807, 2.05) is 0 Å². The van der Waals surface area contributed by atoms with Crippen LogP contribution in [0.4, 0.5) is 9.59 Å². The van der Waals surface area contributed by atoms with Crippen molar-refractivity contribution >= 4 is 29.7 Å². The number of ether oxygens (including phenoxy) is 2. The molecule has 1 aromatic rings. The third kappa shape index (κ3) is 3.35. The number of carbonyl (C=O) groups is 3. The van der Waals surface area contributed by atoms with Crippen LogP contribution in [-0.4, -0.2) is 40.3 Å². The zero-order valence-corrected chi connectivity index (χ0v) is 16.2. The van der Waals surface area contributed by atoms with Crippen molar-refractivity contribution in [3.63, 3.8) is 0 Å². The molecule has 8 heteroatoms. The quantitative estimate of drug-likeness (QED) is 0.783. The molecule has 0 aliphatic carbocycles. The molecule has 142 valence electrons. The molecular weight excluding hydrogens is 360 g/mol. The number of halogens is 1. The first-order valence-electron chi connectivity index (χ1n) is 8.47. The van der Waals surface area contributed by atoms with Gasteiger partial charge in [0.05, 0.1) is 12.2 Å². The third-order valence-electron chi connectivity index (χ3n) is 3.94. The van der Waals surface area contributed by atoms with E-state index < -0.39 is 35.8 Å². The molecule has 1 aliphatic heterocycles. The van der Waals surface area contributed by atoms with E-state index >= 15 is 0 Å². The van der Waals surface area contributed by atoms with Crippen LogP contribution < -0.4 is 0 Å². The molecule has 0 radical (unpaired) electrons. The molecule has 3 amide bonds. The molecule has 0 saturated carbocycles. The van der Waals surface area contributed by atoms with Crippen molar-refractivity contribution in [2.24, 2.45) is 0 Å². The minimum absolute atomic E-state index is 0.241. The van der Waals surface area contributed by atoms with Gasteiger partial charge in [0.15, 0.2) is 5.54 Å². The van der Waals surface area contributed by atoms with Crippen molar-refractivity contribution in [2.45, 2.75) is 58.8 Å². The van der Waals surface area contributed by atoms with Gasteiger partial charge in [0.25, 0.3) is 5.91 Å². The average molecular weight is 383 g/mol. The van der Waals surface area contributed by atoms with Crippen LogP contribution in [0.5, 0.6) is 0 Å². The molecule has 1 aromatic carbocycles. The number of hydrogen-bond donors (Lipinski definition) is 0. The lowest BCUT2D eigenvalue weighted by molar-refractivity contribution is -0.204. The van der Waals surface area contributed by atoms with Gasteiger partial charge in [-0.05, 0) is 51.8 Å². The zero-order valence-electron chi connectivity index (χ0n) is 15.5. The summed E-state index contributed by atoms with van der Waals surface area (Å²) in [7, 11) is 0. The summed E-state index contributed by atoms with van der Waals surface area (Å²) < 4.78 is 10.3. The van der Waals surface area contributed by atoms with E-state index in [1.165, 1.54) is 0 Å². The van der Waals surface area contributed by atoms with Crippen LogP contribution in [0.15, 0.2) is 24.3 Å². The largest absolute Gasteiger partial charge is 0.445 e. The number of amides is 3. The van der Waals surface area contributed by atoms with Gasteiger partial charge in [0, 0.05) is 5.02 Å². The lowest BCUT2D eigenvalue weighted by Gasteiger charge is -2.54. The lowest BCUT2D eigenvalue weighted by atomic mass is 9.81. The number of imide groups is 1. The molecule has 0 unspecified atom stereocenters. The van der Waals surface area contributed by atoms with E-state index in [2.05, 4.69) is 0 Å². The predicted molar refractivity (Wildman–Crippen MR) is 95.3 cm³/mol. The van der Waals surface area contributed by atoms with Crippen LogP contribution in [0.1, 0.15) is 46.6 Å². The fourth-order valence-electron chi connectivity index (χ4n) is 2.88. The number of benzene rings is 1. The Balaban J connectivity index is 2.50. The first-order chi connectivity index (χ1) is 12.1. The number of hydrazine groups is 1. The monoisotopic (exact) mass is 382 g/mol. The van der Waals surface area contributed by atoms with E-state index in [9.17, 15) is 14.4 Å². The molecule has 1 fully saturated rings. The first kappa shape index (κ1) is 20.0. The summed E-state index contributed by atoms with van der Waals surface area (Å²) >= 11 is 6.06. The highest BCUT2D eigenvalue weighted by molar-refractivity contribution is 6.30. The zero-order chi connectivity index (χ0) is 19.6. The molecule has 7 nitrogen and oxygen atoms in total. The van der Waals surface area contributed by atoms with Gasteiger partial charge in [-0.1, -0.05) is 30.7 Å². The van der Waals surface area contributed by atoms with Crippen molar-refractivity contribution in [2.75, 3.05) is 0 Å². The Labute approximate surface area is 157 Å². The minimum Gasteiger partial charge on any atom is -0.445 e. The van der Waals surface area contributed by atoms with Gasteiger partial charge in [-0.2, -0.15) is 5.01 Å². The van der Waals surface area contributed by atoms with Crippen LogP contribution in [0.3, 0.4) is 0 Å². The van der Waals surface area contributed by atoms with Crippen LogP contribution in [0.2, 0.25) is 5.02 Å². The molecule has 1 atom stereocenters. The third-order valence-corrected chi connectivity index (χ3v) is 4.18. The van der Waals surface area contributed by atoms with E-state index in [4.69, 9.17) is 21.1 Å². The second kappa shape index (κ2) is 7.53. The fourth-order valence-corrected chi connectivity index (χ4v) is 3.07. The maximum absolute atomic E-state index is 13.0. The summed E-state index contributed by atoms with van der Waals surface area (Å²) in [6, 6.07) is 6.64. The molecule has 0 N–H and O–H groups in total. The van der Waals surface area contributed by atoms with Gasteiger partial charge in [-0.3, -0.25) is 4.79 Å². The van der Waals surface area contributed by atoms with Gasteiger partial charge >= 0.3 is 12.2 Å². The SMILES string of the molecule is CC[C@]1(c2cccc(Cl)c2)C(=O)N(C(=O)OC(C)C)N1C(=O)OC(C)C. The van der Waals surface area contributed by atoms with Crippen LogP contribution in [0, 0.1) is 0 Å². The summed E-state index contributed by atoms with van der Waals surface area (Å²) in [6.07, 6.45) is -2.35. The second-order valence-electron chi connectivity index (χ2n) is 6.52. The summed E-state index contributed by atoms with van der Waals surface area (Å²) in [5.41, 5.74) is -0.862. The highest BCUT2D eigenvalue weighted by Crippen LogP contribution is 2.45. The minimum atomic E-state index is -1.37. The van der Waals surface area contributed by atoms with E-state index in [1.54, 1.807) is 58.9 Å². The molecule has 1 saturated heterocycles. The number of nitrogens with zero attached hydrogens (tertiary/aromatic N) is 2. The van der Waals surface area contributed by atoms with Crippen molar-refractivity contribution in [1.82, 2.24) is 10.0 Å². The Morgan fingerprint density at radius 2 is 1.69 bits per heavy atom. The molecule has 1 aliphatic rings. The van der Waals surface area contributed by atoms with Crippen molar-refractivity contribution in [3.8, 4) is 0 Å². The summed E-state index contributed by atoms with van der Waals surface area (Å²) in [4.78, 5) is 38.0. The average Bonchev–Trinajstić information content (AvgIpc) is 2.51. The van der Waals surface area contributed by atoms with Gasteiger partial charge in [0.2, 0.25) is 0 Å². The summed E-state index contributed by atoms with van der Waals surface area (Å²) in [6.45, 7) is 8.43. The first-order valence-corrected chi connectivity index (χ1v) is 8.84. The van der Waals surface area contributed by atoms with Gasteiger partial charge in [0.1, 0.15) is 0 Å². The molecule has 0 spiro atoms. The number of carbonyl (C=O) groups excluding carboxylic acids is 3. The maximum Gasteiger partial charge on any atom is 0.436 e. The Hall–Kier alpha value is -2.28. The molecule has 1 heterocycles. The van der Waals surface area contributed by atoms with Crippen LogP contribution >= 0.6 is 11.6 Å².